The number of likely N-dealkylation sites (tertiary alicyclic amines) is 1. The van der Waals surface area contributed by atoms with Crippen LogP contribution in [0.1, 0.15) is 44.7 Å². The highest BCUT2D eigenvalue weighted by Crippen LogP contribution is 2.45. The molecular formula is C18H25NO3. The zero-order valence-corrected chi connectivity index (χ0v) is 13.9. The fraction of sp³-hybridized carbons (Fsp3) is 0.611. The molecule has 0 unspecified atom stereocenters. The van der Waals surface area contributed by atoms with E-state index in [1.54, 1.807) is 0 Å². The lowest BCUT2D eigenvalue weighted by Crippen LogP contribution is -2.47. The van der Waals surface area contributed by atoms with Crippen LogP contribution in [0.15, 0.2) is 18.2 Å². The molecule has 0 bridgehead atoms. The van der Waals surface area contributed by atoms with Gasteiger partial charge in [0.15, 0.2) is 0 Å². The molecule has 1 saturated heterocycles. The normalized spacial score (nSPS) is 19.7. The molecule has 0 aromatic heterocycles. The van der Waals surface area contributed by atoms with Gasteiger partial charge in [-0.05, 0) is 46.6 Å². The van der Waals surface area contributed by atoms with Crippen molar-refractivity contribution in [3.63, 3.8) is 0 Å². The molecule has 4 nitrogen and oxygen atoms in total. The lowest BCUT2D eigenvalue weighted by Gasteiger charge is -2.39. The van der Waals surface area contributed by atoms with Gasteiger partial charge in [0.1, 0.15) is 11.4 Å². The summed E-state index contributed by atoms with van der Waals surface area (Å²) in [5, 5.41) is 0. The molecule has 0 radical (unpaired) electrons. The van der Waals surface area contributed by atoms with Gasteiger partial charge >= 0.3 is 6.09 Å². The average molecular weight is 303 g/mol. The fourth-order valence-corrected chi connectivity index (χ4v) is 3.34. The van der Waals surface area contributed by atoms with Crippen molar-refractivity contribution in [1.82, 2.24) is 4.90 Å². The molecule has 1 amide bonds. The number of ether oxygens (including phenoxy) is 2. The maximum Gasteiger partial charge on any atom is 0.410 e. The highest BCUT2D eigenvalue weighted by atomic mass is 16.6. The van der Waals surface area contributed by atoms with Crippen molar-refractivity contribution >= 4 is 6.09 Å². The van der Waals surface area contributed by atoms with Crippen molar-refractivity contribution in [2.45, 2.75) is 51.6 Å². The Hall–Kier alpha value is -1.71. The topological polar surface area (TPSA) is 38.8 Å². The van der Waals surface area contributed by atoms with E-state index in [-0.39, 0.29) is 11.5 Å². The number of piperidine rings is 1. The van der Waals surface area contributed by atoms with Gasteiger partial charge in [0.2, 0.25) is 0 Å². The van der Waals surface area contributed by atoms with Crippen LogP contribution in [0.2, 0.25) is 0 Å². The third-order valence-corrected chi connectivity index (χ3v) is 4.58. The smallest absolute Gasteiger partial charge is 0.410 e. The van der Waals surface area contributed by atoms with Crippen LogP contribution in [0.3, 0.4) is 0 Å². The van der Waals surface area contributed by atoms with Gasteiger partial charge in [-0.2, -0.15) is 0 Å². The number of hydrogen-bond acceptors (Lipinski definition) is 3. The van der Waals surface area contributed by atoms with E-state index in [0.29, 0.717) is 0 Å². The summed E-state index contributed by atoms with van der Waals surface area (Å²) in [4.78, 5) is 14.0. The lowest BCUT2D eigenvalue weighted by molar-refractivity contribution is 0.0152. The van der Waals surface area contributed by atoms with Crippen molar-refractivity contribution < 1.29 is 14.3 Å². The molecular weight excluding hydrogens is 278 g/mol. The Morgan fingerprint density at radius 1 is 1.27 bits per heavy atom. The number of carbonyl (C=O) groups excluding carboxylic acids is 1. The van der Waals surface area contributed by atoms with Gasteiger partial charge in [0, 0.05) is 24.1 Å². The van der Waals surface area contributed by atoms with Crippen LogP contribution < -0.4 is 4.74 Å². The third-order valence-electron chi connectivity index (χ3n) is 4.58. The van der Waals surface area contributed by atoms with E-state index in [2.05, 4.69) is 25.1 Å². The van der Waals surface area contributed by atoms with E-state index >= 15 is 0 Å². The Morgan fingerprint density at radius 2 is 1.95 bits per heavy atom. The van der Waals surface area contributed by atoms with Crippen molar-refractivity contribution in [3.05, 3.63) is 29.3 Å². The van der Waals surface area contributed by atoms with E-state index in [1.165, 1.54) is 11.1 Å². The monoisotopic (exact) mass is 303 g/mol. The van der Waals surface area contributed by atoms with Crippen LogP contribution >= 0.6 is 0 Å². The van der Waals surface area contributed by atoms with Crippen LogP contribution in [0.5, 0.6) is 5.75 Å². The first-order valence-corrected chi connectivity index (χ1v) is 8.01. The summed E-state index contributed by atoms with van der Waals surface area (Å²) in [6.07, 6.45) is 1.66. The summed E-state index contributed by atoms with van der Waals surface area (Å²) in [6, 6.07) is 6.40. The maximum atomic E-state index is 12.2. The van der Waals surface area contributed by atoms with Gasteiger partial charge in [-0.25, -0.2) is 4.79 Å². The number of carbonyl (C=O) groups is 1. The molecule has 1 aromatic carbocycles. The van der Waals surface area contributed by atoms with E-state index < -0.39 is 5.60 Å². The predicted octanol–water partition coefficient (Wildman–Crippen LogP) is 3.66. The number of aryl methyl sites for hydroxylation is 1. The molecule has 0 N–H and O–H groups in total. The van der Waals surface area contributed by atoms with Crippen LogP contribution in [0.4, 0.5) is 4.79 Å². The standard InChI is InChI=1S/C18H25NO3/c1-13-5-6-15-14(11-13)18(12-21-15)7-9-19(10-8-18)16(20)22-17(2,3)4/h5-6,11H,7-10,12H2,1-4H3. The Labute approximate surface area is 132 Å². The molecule has 1 aromatic rings. The molecule has 22 heavy (non-hydrogen) atoms. The number of fused-ring (bicyclic) bond motifs is 2. The van der Waals surface area contributed by atoms with Crippen molar-refractivity contribution in [3.8, 4) is 5.75 Å². The summed E-state index contributed by atoms with van der Waals surface area (Å²) >= 11 is 0. The Balaban J connectivity index is 1.71. The minimum Gasteiger partial charge on any atom is -0.492 e. The van der Waals surface area contributed by atoms with Gasteiger partial charge < -0.3 is 14.4 Å². The first-order valence-electron chi connectivity index (χ1n) is 8.01. The minimum absolute atomic E-state index is 0.0693. The molecule has 4 heteroatoms. The lowest BCUT2D eigenvalue weighted by atomic mass is 9.74. The molecule has 0 saturated carbocycles. The molecule has 2 aliphatic heterocycles. The second-order valence-electron chi connectivity index (χ2n) is 7.54. The van der Waals surface area contributed by atoms with Crippen LogP contribution in [-0.4, -0.2) is 36.3 Å². The SMILES string of the molecule is Cc1ccc2c(c1)C1(CCN(C(=O)OC(C)(C)C)CC1)CO2. The van der Waals surface area contributed by atoms with Crippen molar-refractivity contribution in [2.75, 3.05) is 19.7 Å². The van der Waals surface area contributed by atoms with Gasteiger partial charge in [0.25, 0.3) is 0 Å². The summed E-state index contributed by atoms with van der Waals surface area (Å²) in [5.41, 5.74) is 2.21. The van der Waals surface area contributed by atoms with Crippen LogP contribution in [0.25, 0.3) is 0 Å². The van der Waals surface area contributed by atoms with Crippen molar-refractivity contribution in [1.29, 1.82) is 0 Å². The Kier molecular flexibility index (Phi) is 3.58. The molecule has 2 aliphatic rings. The molecule has 3 rings (SSSR count). The number of benzene rings is 1. The van der Waals surface area contributed by atoms with Gasteiger partial charge in [0.05, 0.1) is 6.61 Å². The molecule has 1 spiro atoms. The van der Waals surface area contributed by atoms with Crippen molar-refractivity contribution in [2.24, 2.45) is 0 Å². The highest BCUT2D eigenvalue weighted by molar-refractivity contribution is 5.68. The minimum atomic E-state index is -0.438. The first kappa shape index (κ1) is 15.2. The highest BCUT2D eigenvalue weighted by Gasteiger charge is 2.44. The summed E-state index contributed by atoms with van der Waals surface area (Å²) in [7, 11) is 0. The average Bonchev–Trinajstić information content (AvgIpc) is 2.76. The summed E-state index contributed by atoms with van der Waals surface area (Å²) in [6.45, 7) is 10.0. The van der Waals surface area contributed by atoms with E-state index in [0.717, 1.165) is 38.3 Å². The zero-order chi connectivity index (χ0) is 16.0. The summed E-state index contributed by atoms with van der Waals surface area (Å²) in [5.74, 6) is 1.01. The summed E-state index contributed by atoms with van der Waals surface area (Å²) < 4.78 is 11.4. The van der Waals surface area contributed by atoms with Crippen LogP contribution in [-0.2, 0) is 10.2 Å². The Morgan fingerprint density at radius 3 is 2.59 bits per heavy atom. The molecule has 0 aliphatic carbocycles. The first-order chi connectivity index (χ1) is 10.3. The number of rotatable bonds is 0. The second kappa shape index (κ2) is 5.18. The second-order valence-corrected chi connectivity index (χ2v) is 7.54. The number of amides is 1. The third kappa shape index (κ3) is 2.79. The number of nitrogens with zero attached hydrogens (tertiary/aromatic N) is 1. The largest absolute Gasteiger partial charge is 0.492 e. The van der Waals surface area contributed by atoms with Crippen LogP contribution in [0, 0.1) is 6.92 Å². The van der Waals surface area contributed by atoms with Gasteiger partial charge in [-0.3, -0.25) is 0 Å². The molecule has 2 heterocycles. The predicted molar refractivity (Wildman–Crippen MR) is 85.4 cm³/mol. The zero-order valence-electron chi connectivity index (χ0n) is 13.9. The molecule has 120 valence electrons. The molecule has 0 atom stereocenters. The number of hydrogen-bond donors (Lipinski definition) is 0. The quantitative estimate of drug-likeness (QED) is 0.734. The maximum absolute atomic E-state index is 12.2. The van der Waals surface area contributed by atoms with Gasteiger partial charge in [-0.1, -0.05) is 17.7 Å². The van der Waals surface area contributed by atoms with E-state index in [9.17, 15) is 4.79 Å². The van der Waals surface area contributed by atoms with Gasteiger partial charge in [-0.15, -0.1) is 0 Å². The van der Waals surface area contributed by atoms with E-state index in [4.69, 9.17) is 9.47 Å². The molecule has 1 fully saturated rings. The fourth-order valence-electron chi connectivity index (χ4n) is 3.34. The Bertz CT molecular complexity index is 580. The van der Waals surface area contributed by atoms with E-state index in [1.807, 2.05) is 25.7 Å².